The molecule has 2 aromatic rings. The van der Waals surface area contributed by atoms with Gasteiger partial charge in [0.05, 0.1) is 5.75 Å². The van der Waals surface area contributed by atoms with Gasteiger partial charge >= 0.3 is 5.97 Å². The molecule has 0 fully saturated rings. The lowest BCUT2D eigenvalue weighted by Crippen LogP contribution is -2.07. The Morgan fingerprint density at radius 2 is 2.39 bits per heavy atom. The van der Waals surface area contributed by atoms with Crippen LogP contribution in [0.25, 0.3) is 0 Å². The maximum absolute atomic E-state index is 10.5. The van der Waals surface area contributed by atoms with Crippen molar-refractivity contribution in [3.63, 3.8) is 0 Å². The molecule has 0 spiro atoms. The molecule has 96 valence electrons. The fourth-order valence-electron chi connectivity index (χ4n) is 1.47. The van der Waals surface area contributed by atoms with Gasteiger partial charge in [-0.25, -0.2) is 4.98 Å². The fourth-order valence-corrected chi connectivity index (χ4v) is 2.24. The minimum absolute atomic E-state index is 0.00297. The zero-order valence-electron chi connectivity index (χ0n) is 9.74. The van der Waals surface area contributed by atoms with Crippen molar-refractivity contribution >= 4 is 17.7 Å². The van der Waals surface area contributed by atoms with E-state index in [2.05, 4.69) is 15.1 Å². The highest BCUT2D eigenvalue weighted by Crippen LogP contribution is 2.18. The van der Waals surface area contributed by atoms with Crippen molar-refractivity contribution < 1.29 is 14.4 Å². The zero-order valence-corrected chi connectivity index (χ0v) is 10.6. The molecule has 0 radical (unpaired) electrons. The van der Waals surface area contributed by atoms with Crippen LogP contribution in [0.4, 0.5) is 0 Å². The summed E-state index contributed by atoms with van der Waals surface area (Å²) in [6.07, 6.45) is 3.67. The second kappa shape index (κ2) is 5.67. The lowest BCUT2D eigenvalue weighted by molar-refractivity contribution is -0.133. The molecule has 18 heavy (non-hydrogen) atoms. The predicted molar refractivity (Wildman–Crippen MR) is 63.3 cm³/mol. The summed E-state index contributed by atoms with van der Waals surface area (Å²) in [4.78, 5) is 18.7. The maximum atomic E-state index is 10.5. The summed E-state index contributed by atoms with van der Waals surface area (Å²) in [5.74, 6) is -0.307. The number of nitrogens with zero attached hydrogens (tertiary/aromatic N) is 4. The fraction of sp³-hybridized carbons (Fsp3) is 0.400. The quantitative estimate of drug-likeness (QED) is 0.781. The Morgan fingerprint density at radius 3 is 3.06 bits per heavy atom. The molecule has 2 heterocycles. The molecule has 0 saturated heterocycles. The molecule has 1 N–H and O–H groups in total. The first-order valence-electron chi connectivity index (χ1n) is 5.29. The smallest absolute Gasteiger partial charge is 0.313 e. The predicted octanol–water partition coefficient (Wildman–Crippen LogP) is 0.994. The highest BCUT2D eigenvalue weighted by atomic mass is 32.2. The van der Waals surface area contributed by atoms with Gasteiger partial charge in [0.2, 0.25) is 5.89 Å². The van der Waals surface area contributed by atoms with Gasteiger partial charge in [0.25, 0.3) is 0 Å². The number of imidazole rings is 1. The average Bonchev–Trinajstić information content (AvgIpc) is 2.94. The Hall–Kier alpha value is -1.83. The molecule has 8 heteroatoms. The van der Waals surface area contributed by atoms with Crippen molar-refractivity contribution in [3.8, 4) is 0 Å². The van der Waals surface area contributed by atoms with E-state index in [1.54, 1.807) is 6.20 Å². The molecule has 0 unspecified atom stereocenters. The number of aliphatic carboxylic acids is 1. The van der Waals surface area contributed by atoms with Gasteiger partial charge in [0.1, 0.15) is 0 Å². The summed E-state index contributed by atoms with van der Waals surface area (Å²) in [6, 6.07) is 0. The first-order valence-corrected chi connectivity index (χ1v) is 6.27. The van der Waals surface area contributed by atoms with E-state index in [-0.39, 0.29) is 5.75 Å². The molecule has 2 rings (SSSR count). The molecule has 7 nitrogen and oxygen atoms in total. The molecule has 0 atom stereocenters. The van der Waals surface area contributed by atoms with Crippen molar-refractivity contribution in [2.24, 2.45) is 0 Å². The lowest BCUT2D eigenvalue weighted by atomic mass is 10.4. The molecule has 2 aromatic heterocycles. The normalized spacial score (nSPS) is 10.7. The van der Waals surface area contributed by atoms with Crippen molar-refractivity contribution in [1.82, 2.24) is 19.7 Å². The lowest BCUT2D eigenvalue weighted by Gasteiger charge is -2.07. The summed E-state index contributed by atoms with van der Waals surface area (Å²) >= 11 is 1.20. The SMILES string of the molecule is Cc1cnc(SCC(=O)O)n1CCc1ncno1. The van der Waals surface area contributed by atoms with Gasteiger partial charge in [0, 0.05) is 24.9 Å². The van der Waals surface area contributed by atoms with E-state index < -0.39 is 5.97 Å². The summed E-state index contributed by atoms with van der Waals surface area (Å²) in [5, 5.41) is 12.9. The van der Waals surface area contributed by atoms with E-state index in [0.717, 1.165) is 5.69 Å². The van der Waals surface area contributed by atoms with Crippen molar-refractivity contribution in [2.75, 3.05) is 5.75 Å². The highest BCUT2D eigenvalue weighted by molar-refractivity contribution is 7.99. The van der Waals surface area contributed by atoms with E-state index in [1.807, 2.05) is 11.5 Å². The molecule has 0 aliphatic heterocycles. The third-order valence-corrected chi connectivity index (χ3v) is 3.27. The summed E-state index contributed by atoms with van der Waals surface area (Å²) < 4.78 is 6.86. The highest BCUT2D eigenvalue weighted by Gasteiger charge is 2.10. The van der Waals surface area contributed by atoms with Crippen LogP contribution in [0, 0.1) is 6.92 Å². The minimum Gasteiger partial charge on any atom is -0.481 e. The van der Waals surface area contributed by atoms with Gasteiger partial charge in [-0.15, -0.1) is 0 Å². The summed E-state index contributed by atoms with van der Waals surface area (Å²) in [5.41, 5.74) is 0.974. The number of carboxylic acids is 1. The van der Waals surface area contributed by atoms with Crippen LogP contribution in [0.15, 0.2) is 22.2 Å². The molecule has 0 saturated carbocycles. The number of hydrogen-bond acceptors (Lipinski definition) is 6. The largest absolute Gasteiger partial charge is 0.481 e. The molecular weight excluding hydrogens is 256 g/mol. The van der Waals surface area contributed by atoms with Gasteiger partial charge in [-0.05, 0) is 6.92 Å². The van der Waals surface area contributed by atoms with E-state index >= 15 is 0 Å². The molecule has 0 bridgehead atoms. The van der Waals surface area contributed by atoms with Crippen molar-refractivity contribution in [2.45, 2.75) is 25.0 Å². The number of carboxylic acid groups (broad SMARTS) is 1. The van der Waals surface area contributed by atoms with Gasteiger partial charge in [0.15, 0.2) is 11.5 Å². The average molecular weight is 268 g/mol. The van der Waals surface area contributed by atoms with Crippen LogP contribution in [0.5, 0.6) is 0 Å². The molecule has 0 aliphatic rings. The Bertz CT molecular complexity index is 523. The molecule has 0 amide bonds. The monoisotopic (exact) mass is 268 g/mol. The number of thioether (sulfide) groups is 1. The molecule has 0 aromatic carbocycles. The number of aromatic nitrogens is 4. The Balaban J connectivity index is 2.02. The van der Waals surface area contributed by atoms with Crippen LogP contribution in [-0.4, -0.2) is 36.5 Å². The first kappa shape index (κ1) is 12.6. The van der Waals surface area contributed by atoms with Gasteiger partial charge in [-0.1, -0.05) is 16.9 Å². The van der Waals surface area contributed by atoms with Gasteiger partial charge in [-0.3, -0.25) is 4.79 Å². The van der Waals surface area contributed by atoms with Crippen LogP contribution < -0.4 is 0 Å². The molecule has 0 aliphatic carbocycles. The third-order valence-electron chi connectivity index (χ3n) is 2.30. The summed E-state index contributed by atoms with van der Waals surface area (Å²) in [7, 11) is 0. The van der Waals surface area contributed by atoms with Crippen molar-refractivity contribution in [1.29, 1.82) is 0 Å². The van der Waals surface area contributed by atoms with Crippen LogP contribution >= 0.6 is 11.8 Å². The van der Waals surface area contributed by atoms with E-state index in [0.29, 0.717) is 24.0 Å². The van der Waals surface area contributed by atoms with Crippen molar-refractivity contribution in [3.05, 3.63) is 24.1 Å². The van der Waals surface area contributed by atoms with Gasteiger partial charge in [-0.2, -0.15) is 4.98 Å². The third kappa shape index (κ3) is 3.10. The second-order valence-corrected chi connectivity index (χ2v) is 4.54. The number of carbonyl (C=O) groups is 1. The van der Waals surface area contributed by atoms with E-state index in [4.69, 9.17) is 9.63 Å². The maximum Gasteiger partial charge on any atom is 0.313 e. The minimum atomic E-state index is -0.857. The Labute approximate surface area is 107 Å². The van der Waals surface area contributed by atoms with Gasteiger partial charge < -0.3 is 14.2 Å². The van der Waals surface area contributed by atoms with E-state index in [9.17, 15) is 4.79 Å². The first-order chi connectivity index (χ1) is 8.66. The Kier molecular flexibility index (Phi) is 3.98. The Morgan fingerprint density at radius 1 is 1.56 bits per heavy atom. The number of aryl methyl sites for hydroxylation is 2. The van der Waals surface area contributed by atoms with Crippen LogP contribution in [-0.2, 0) is 17.8 Å². The second-order valence-electron chi connectivity index (χ2n) is 3.60. The summed E-state index contributed by atoms with van der Waals surface area (Å²) in [6.45, 7) is 2.56. The number of rotatable bonds is 6. The zero-order chi connectivity index (χ0) is 13.0. The van der Waals surface area contributed by atoms with Crippen LogP contribution in [0.1, 0.15) is 11.6 Å². The standard InChI is InChI=1S/C10H12N4O3S/c1-7-4-11-10(18-5-9(15)16)14(7)3-2-8-12-6-13-17-8/h4,6H,2-3,5H2,1H3,(H,15,16). The molecular formula is C10H12N4O3S. The number of hydrogen-bond donors (Lipinski definition) is 1. The van der Waals surface area contributed by atoms with Crippen LogP contribution in [0.3, 0.4) is 0 Å². The van der Waals surface area contributed by atoms with Crippen LogP contribution in [0.2, 0.25) is 0 Å². The van der Waals surface area contributed by atoms with E-state index in [1.165, 1.54) is 18.1 Å². The topological polar surface area (TPSA) is 94.0 Å².